The summed E-state index contributed by atoms with van der Waals surface area (Å²) in [4.78, 5) is 11.0. The van der Waals surface area contributed by atoms with Crippen LogP contribution in [0.25, 0.3) is 0 Å². The van der Waals surface area contributed by atoms with Crippen molar-refractivity contribution < 1.29 is 9.90 Å². The molecule has 1 unspecified atom stereocenters. The van der Waals surface area contributed by atoms with Crippen molar-refractivity contribution in [3.05, 3.63) is 17.0 Å². The Morgan fingerprint density at radius 1 is 1.44 bits per heavy atom. The van der Waals surface area contributed by atoms with E-state index in [-0.39, 0.29) is 5.69 Å². The standard InChI is InChI=1S/C12H14N2O2/c15-11(16)10-6-5-7-8(9(6)13-14-10)12(7)3-1-2-4-12/h7-8H,1-5H2,(H,13,14)(H,15,16)/t7-,8?/m1/s1. The van der Waals surface area contributed by atoms with E-state index in [4.69, 9.17) is 5.11 Å². The maximum atomic E-state index is 11.0. The maximum absolute atomic E-state index is 11.0. The van der Waals surface area contributed by atoms with Gasteiger partial charge < -0.3 is 5.11 Å². The summed E-state index contributed by atoms with van der Waals surface area (Å²) in [6.07, 6.45) is 6.31. The van der Waals surface area contributed by atoms with Gasteiger partial charge in [0.15, 0.2) is 5.69 Å². The Morgan fingerprint density at radius 3 is 2.88 bits per heavy atom. The number of nitrogens with zero attached hydrogens (tertiary/aromatic N) is 1. The van der Waals surface area contributed by atoms with E-state index < -0.39 is 5.97 Å². The minimum absolute atomic E-state index is 0.260. The molecule has 16 heavy (non-hydrogen) atoms. The van der Waals surface area contributed by atoms with Crippen LogP contribution in [0.2, 0.25) is 0 Å². The fraction of sp³-hybridized carbons (Fsp3) is 0.667. The van der Waals surface area contributed by atoms with E-state index in [1.54, 1.807) is 0 Å². The number of carboxylic acids is 1. The third-order valence-electron chi connectivity index (χ3n) is 5.02. The van der Waals surface area contributed by atoms with E-state index in [0.29, 0.717) is 11.3 Å². The zero-order chi connectivity index (χ0) is 10.9. The number of aromatic nitrogens is 2. The van der Waals surface area contributed by atoms with Crippen LogP contribution < -0.4 is 0 Å². The number of rotatable bonds is 1. The first-order chi connectivity index (χ1) is 7.74. The molecule has 0 bridgehead atoms. The van der Waals surface area contributed by atoms with Crippen LogP contribution in [0.5, 0.6) is 0 Å². The number of nitrogens with one attached hydrogen (secondary N) is 1. The van der Waals surface area contributed by atoms with Gasteiger partial charge in [-0.25, -0.2) is 4.79 Å². The first-order valence-corrected chi connectivity index (χ1v) is 6.04. The lowest BCUT2D eigenvalue weighted by atomic mass is 9.92. The minimum Gasteiger partial charge on any atom is -0.476 e. The van der Waals surface area contributed by atoms with Gasteiger partial charge in [0.2, 0.25) is 0 Å². The van der Waals surface area contributed by atoms with E-state index in [9.17, 15) is 4.79 Å². The molecule has 0 amide bonds. The third-order valence-corrected chi connectivity index (χ3v) is 5.02. The Hall–Kier alpha value is -1.32. The van der Waals surface area contributed by atoms with Gasteiger partial charge in [0.25, 0.3) is 0 Å². The van der Waals surface area contributed by atoms with Crippen LogP contribution in [-0.4, -0.2) is 21.3 Å². The fourth-order valence-corrected chi connectivity index (χ4v) is 4.34. The second kappa shape index (κ2) is 2.50. The zero-order valence-corrected chi connectivity index (χ0v) is 8.99. The minimum atomic E-state index is -0.890. The summed E-state index contributed by atoms with van der Waals surface area (Å²) in [5, 5.41) is 15.9. The number of aromatic amines is 1. The normalized spacial score (nSPS) is 32.8. The summed E-state index contributed by atoms with van der Waals surface area (Å²) >= 11 is 0. The van der Waals surface area contributed by atoms with Crippen molar-refractivity contribution in [3.63, 3.8) is 0 Å². The molecule has 2 atom stereocenters. The van der Waals surface area contributed by atoms with Crippen LogP contribution in [0.3, 0.4) is 0 Å². The molecule has 2 N–H and O–H groups in total. The van der Waals surface area contributed by atoms with Gasteiger partial charge in [-0.15, -0.1) is 0 Å². The van der Waals surface area contributed by atoms with Gasteiger partial charge in [-0.1, -0.05) is 12.8 Å². The van der Waals surface area contributed by atoms with E-state index in [1.165, 1.54) is 25.7 Å². The molecule has 4 rings (SSSR count). The highest BCUT2D eigenvalue weighted by atomic mass is 16.4. The number of carboxylic acid groups (broad SMARTS) is 1. The highest BCUT2D eigenvalue weighted by Gasteiger charge is 2.69. The van der Waals surface area contributed by atoms with Crippen LogP contribution in [0.15, 0.2) is 0 Å². The molecule has 1 heterocycles. The van der Waals surface area contributed by atoms with Gasteiger partial charge >= 0.3 is 5.97 Å². The van der Waals surface area contributed by atoms with Crippen molar-refractivity contribution in [1.29, 1.82) is 0 Å². The molecular weight excluding hydrogens is 204 g/mol. The molecule has 3 aliphatic carbocycles. The summed E-state index contributed by atoms with van der Waals surface area (Å²) in [5.74, 6) is 0.433. The molecule has 84 valence electrons. The summed E-state index contributed by atoms with van der Waals surface area (Å²) in [5.41, 5.74) is 2.93. The lowest BCUT2D eigenvalue weighted by Crippen LogP contribution is -2.07. The van der Waals surface area contributed by atoms with Gasteiger partial charge in [0.1, 0.15) is 0 Å². The highest BCUT2D eigenvalue weighted by Crippen LogP contribution is 2.76. The topological polar surface area (TPSA) is 66.0 Å². The Kier molecular flexibility index (Phi) is 1.37. The van der Waals surface area contributed by atoms with Crippen molar-refractivity contribution in [2.24, 2.45) is 11.3 Å². The number of hydrogen-bond donors (Lipinski definition) is 2. The summed E-state index contributed by atoms with van der Waals surface area (Å²) in [7, 11) is 0. The number of fused-ring (bicyclic) bond motifs is 5. The molecule has 1 spiro atoms. The smallest absolute Gasteiger partial charge is 0.356 e. The van der Waals surface area contributed by atoms with Gasteiger partial charge in [0.05, 0.1) is 0 Å². The van der Waals surface area contributed by atoms with Crippen molar-refractivity contribution in [1.82, 2.24) is 10.2 Å². The van der Waals surface area contributed by atoms with E-state index in [1.807, 2.05) is 0 Å². The molecular formula is C12H14N2O2. The molecule has 0 radical (unpaired) electrons. The first-order valence-electron chi connectivity index (χ1n) is 6.04. The van der Waals surface area contributed by atoms with Crippen molar-refractivity contribution in [2.45, 2.75) is 38.0 Å². The van der Waals surface area contributed by atoms with Crippen molar-refractivity contribution in [2.75, 3.05) is 0 Å². The lowest BCUT2D eigenvalue weighted by Gasteiger charge is -2.12. The van der Waals surface area contributed by atoms with Crippen LogP contribution >= 0.6 is 0 Å². The molecule has 1 aromatic heterocycles. The zero-order valence-electron chi connectivity index (χ0n) is 8.99. The van der Waals surface area contributed by atoms with Crippen LogP contribution in [0, 0.1) is 11.3 Å². The van der Waals surface area contributed by atoms with E-state index in [2.05, 4.69) is 10.2 Å². The van der Waals surface area contributed by atoms with E-state index in [0.717, 1.165) is 23.6 Å². The SMILES string of the molecule is O=C(O)c1n[nH]c2c1C[C@@H]1C2C12CCCC2. The molecule has 4 heteroatoms. The van der Waals surface area contributed by atoms with Crippen LogP contribution in [0.1, 0.15) is 53.3 Å². The predicted octanol–water partition coefficient (Wildman–Crippen LogP) is 1.94. The largest absolute Gasteiger partial charge is 0.476 e. The summed E-state index contributed by atoms with van der Waals surface area (Å²) in [6.45, 7) is 0. The molecule has 3 aliphatic rings. The maximum Gasteiger partial charge on any atom is 0.356 e. The van der Waals surface area contributed by atoms with Crippen molar-refractivity contribution >= 4 is 5.97 Å². The number of aromatic carboxylic acids is 1. The van der Waals surface area contributed by atoms with E-state index >= 15 is 0 Å². The average Bonchev–Trinajstić information content (AvgIpc) is 2.69. The van der Waals surface area contributed by atoms with Crippen LogP contribution in [-0.2, 0) is 6.42 Å². The second-order valence-electron chi connectivity index (χ2n) is 5.50. The molecule has 4 nitrogen and oxygen atoms in total. The monoisotopic (exact) mass is 218 g/mol. The highest BCUT2D eigenvalue weighted by molar-refractivity contribution is 5.88. The number of H-pyrrole nitrogens is 1. The Morgan fingerprint density at radius 2 is 2.19 bits per heavy atom. The summed E-state index contributed by atoms with van der Waals surface area (Å²) in [6, 6.07) is 0. The number of hydrogen-bond acceptors (Lipinski definition) is 2. The Labute approximate surface area is 93.1 Å². The van der Waals surface area contributed by atoms with Gasteiger partial charge in [0, 0.05) is 17.2 Å². The molecule has 2 fully saturated rings. The fourth-order valence-electron chi connectivity index (χ4n) is 4.34. The molecule has 0 saturated heterocycles. The van der Waals surface area contributed by atoms with Gasteiger partial charge in [-0.2, -0.15) is 5.10 Å². The Bertz CT molecular complexity index is 485. The first kappa shape index (κ1) is 8.79. The molecule has 0 aliphatic heterocycles. The van der Waals surface area contributed by atoms with Crippen LogP contribution in [0.4, 0.5) is 0 Å². The van der Waals surface area contributed by atoms with Crippen molar-refractivity contribution in [3.8, 4) is 0 Å². The number of carbonyl (C=O) groups is 1. The summed E-state index contributed by atoms with van der Waals surface area (Å²) < 4.78 is 0. The quantitative estimate of drug-likeness (QED) is 0.757. The predicted molar refractivity (Wildman–Crippen MR) is 56.4 cm³/mol. The average molecular weight is 218 g/mol. The molecule has 1 aromatic rings. The molecule has 0 aromatic carbocycles. The third kappa shape index (κ3) is 0.794. The Balaban J connectivity index is 1.75. The van der Waals surface area contributed by atoms with Gasteiger partial charge in [-0.3, -0.25) is 5.10 Å². The van der Waals surface area contributed by atoms with Gasteiger partial charge in [-0.05, 0) is 30.6 Å². The molecule has 2 saturated carbocycles. The second-order valence-corrected chi connectivity index (χ2v) is 5.50. The lowest BCUT2D eigenvalue weighted by molar-refractivity contribution is 0.0689.